The third kappa shape index (κ3) is 4.37. The van der Waals surface area contributed by atoms with E-state index in [1.807, 2.05) is 60.2 Å². The molecule has 182 valence electrons. The SMILES string of the molecule is COCCCN1C(C=Cc2ccc(-n3cnc(C)c3)c(OC)c2)=NOC12CCOc1ccccc12. The Balaban J connectivity index is 1.43. The van der Waals surface area contributed by atoms with Crippen LogP contribution in [-0.4, -0.2) is 54.3 Å². The predicted octanol–water partition coefficient (Wildman–Crippen LogP) is 4.52. The van der Waals surface area contributed by atoms with Gasteiger partial charge in [-0.1, -0.05) is 29.4 Å². The third-order valence-electron chi connectivity index (χ3n) is 6.36. The van der Waals surface area contributed by atoms with Crippen LogP contribution < -0.4 is 9.47 Å². The monoisotopic (exact) mass is 474 g/mol. The Kier molecular flexibility index (Phi) is 6.46. The van der Waals surface area contributed by atoms with Gasteiger partial charge in [0.05, 0.1) is 37.0 Å². The molecule has 0 radical (unpaired) electrons. The fraction of sp³-hybridized carbons (Fsp3) is 0.333. The zero-order chi connectivity index (χ0) is 24.3. The number of imidazole rings is 1. The minimum absolute atomic E-state index is 0.566. The van der Waals surface area contributed by atoms with Crippen molar-refractivity contribution < 1.29 is 19.0 Å². The summed E-state index contributed by atoms with van der Waals surface area (Å²) in [6, 6.07) is 14.1. The molecule has 1 spiro atoms. The van der Waals surface area contributed by atoms with Gasteiger partial charge in [0.2, 0.25) is 5.72 Å². The van der Waals surface area contributed by atoms with E-state index in [1.54, 1.807) is 20.5 Å². The maximum absolute atomic E-state index is 6.18. The van der Waals surface area contributed by atoms with Crippen molar-refractivity contribution in [1.82, 2.24) is 14.5 Å². The number of aromatic nitrogens is 2. The molecule has 0 fully saturated rings. The molecular formula is C27H30N4O4. The number of amidine groups is 1. The summed E-state index contributed by atoms with van der Waals surface area (Å²) in [5, 5.41) is 4.51. The Hall–Kier alpha value is -3.78. The summed E-state index contributed by atoms with van der Waals surface area (Å²) in [7, 11) is 3.39. The van der Waals surface area contributed by atoms with E-state index in [0.29, 0.717) is 19.6 Å². The molecule has 5 rings (SSSR count). The van der Waals surface area contributed by atoms with E-state index in [9.17, 15) is 0 Å². The van der Waals surface area contributed by atoms with Crippen LogP contribution in [0.1, 0.15) is 29.7 Å². The minimum Gasteiger partial charge on any atom is -0.495 e. The van der Waals surface area contributed by atoms with Crippen LogP contribution >= 0.6 is 0 Å². The first-order valence-corrected chi connectivity index (χ1v) is 11.8. The lowest BCUT2D eigenvalue weighted by molar-refractivity contribution is -0.128. The molecule has 8 heteroatoms. The summed E-state index contributed by atoms with van der Waals surface area (Å²) in [6.07, 6.45) is 9.32. The number of benzene rings is 2. The van der Waals surface area contributed by atoms with E-state index in [2.05, 4.69) is 27.2 Å². The summed E-state index contributed by atoms with van der Waals surface area (Å²) in [6.45, 7) is 3.94. The summed E-state index contributed by atoms with van der Waals surface area (Å²) in [4.78, 5) is 12.7. The molecule has 0 saturated carbocycles. The molecule has 2 aromatic carbocycles. The van der Waals surface area contributed by atoms with Gasteiger partial charge in [-0.25, -0.2) is 4.98 Å². The van der Waals surface area contributed by atoms with Crippen LogP contribution in [0.3, 0.4) is 0 Å². The second-order valence-electron chi connectivity index (χ2n) is 8.60. The number of aryl methyl sites for hydroxylation is 1. The maximum atomic E-state index is 6.18. The Labute approximate surface area is 205 Å². The lowest BCUT2D eigenvalue weighted by atomic mass is 9.94. The standard InChI is InChI=1S/C27H30N4O4/c1-20-18-30(19-28-20)23-11-9-21(17-25(23)33-3)10-12-26-29-35-27(31(26)14-6-15-32-2)13-16-34-24-8-5-4-7-22(24)27/h4-5,7-12,17-19H,6,13-16H2,1-3H3. The fourth-order valence-electron chi connectivity index (χ4n) is 4.65. The first-order chi connectivity index (χ1) is 17.1. The van der Waals surface area contributed by atoms with Gasteiger partial charge in [-0.2, -0.15) is 0 Å². The highest BCUT2D eigenvalue weighted by atomic mass is 16.7. The first-order valence-electron chi connectivity index (χ1n) is 11.8. The molecule has 2 aliphatic rings. The molecule has 1 atom stereocenters. The molecule has 3 aromatic rings. The van der Waals surface area contributed by atoms with Crippen molar-refractivity contribution >= 4 is 11.9 Å². The third-order valence-corrected chi connectivity index (χ3v) is 6.36. The molecular weight excluding hydrogens is 444 g/mol. The topological polar surface area (TPSA) is 70.3 Å². The van der Waals surface area contributed by atoms with E-state index < -0.39 is 5.72 Å². The molecule has 1 aromatic heterocycles. The van der Waals surface area contributed by atoms with E-state index in [-0.39, 0.29) is 0 Å². The van der Waals surface area contributed by atoms with Gasteiger partial charge in [0, 0.05) is 32.9 Å². The minimum atomic E-state index is -0.677. The summed E-state index contributed by atoms with van der Waals surface area (Å²) in [5.74, 6) is 2.37. The van der Waals surface area contributed by atoms with E-state index in [4.69, 9.17) is 19.0 Å². The van der Waals surface area contributed by atoms with Gasteiger partial charge < -0.3 is 28.5 Å². The molecule has 1 unspecified atom stereocenters. The lowest BCUT2D eigenvalue weighted by Crippen LogP contribution is -2.49. The highest BCUT2D eigenvalue weighted by Gasteiger charge is 2.50. The second kappa shape index (κ2) is 9.84. The van der Waals surface area contributed by atoms with Crippen molar-refractivity contribution in [3.63, 3.8) is 0 Å². The second-order valence-corrected chi connectivity index (χ2v) is 8.60. The quantitative estimate of drug-likeness (QED) is 0.447. The molecule has 35 heavy (non-hydrogen) atoms. The first kappa shape index (κ1) is 23.0. The van der Waals surface area contributed by atoms with Crippen molar-refractivity contribution in [2.75, 3.05) is 34.0 Å². The molecule has 0 N–H and O–H groups in total. The van der Waals surface area contributed by atoms with Crippen LogP contribution in [0.15, 0.2) is 66.2 Å². The Morgan fingerprint density at radius 1 is 1.14 bits per heavy atom. The summed E-state index contributed by atoms with van der Waals surface area (Å²) in [5.41, 5.74) is 3.20. The number of fused-ring (bicyclic) bond motifs is 2. The largest absolute Gasteiger partial charge is 0.495 e. The molecule has 0 saturated heterocycles. The Morgan fingerprint density at radius 3 is 2.83 bits per heavy atom. The molecule has 2 aliphatic heterocycles. The number of para-hydroxylation sites is 1. The maximum Gasteiger partial charge on any atom is 0.244 e. The van der Waals surface area contributed by atoms with E-state index >= 15 is 0 Å². The summed E-state index contributed by atoms with van der Waals surface area (Å²) >= 11 is 0. The van der Waals surface area contributed by atoms with Gasteiger partial charge in [-0.05, 0) is 49.2 Å². The van der Waals surface area contributed by atoms with Crippen molar-refractivity contribution in [2.24, 2.45) is 5.16 Å². The van der Waals surface area contributed by atoms with Crippen LogP contribution in [-0.2, 0) is 15.3 Å². The van der Waals surface area contributed by atoms with E-state index in [1.165, 1.54) is 0 Å². The zero-order valence-electron chi connectivity index (χ0n) is 20.3. The van der Waals surface area contributed by atoms with Gasteiger partial charge in [-0.15, -0.1) is 0 Å². The summed E-state index contributed by atoms with van der Waals surface area (Å²) < 4.78 is 18.8. The number of ether oxygens (including phenoxy) is 3. The van der Waals surface area contributed by atoms with Gasteiger partial charge in [-0.3, -0.25) is 0 Å². The van der Waals surface area contributed by atoms with Gasteiger partial charge in [0.25, 0.3) is 0 Å². The van der Waals surface area contributed by atoms with Crippen molar-refractivity contribution in [3.05, 3.63) is 77.9 Å². The molecule has 0 aliphatic carbocycles. The van der Waals surface area contributed by atoms with Crippen LogP contribution in [0, 0.1) is 6.92 Å². The number of nitrogens with zero attached hydrogens (tertiary/aromatic N) is 4. The molecule has 8 nitrogen and oxygen atoms in total. The highest BCUT2D eigenvalue weighted by molar-refractivity contribution is 5.97. The van der Waals surface area contributed by atoms with Crippen LogP contribution in [0.4, 0.5) is 0 Å². The fourth-order valence-corrected chi connectivity index (χ4v) is 4.65. The molecule has 3 heterocycles. The zero-order valence-corrected chi connectivity index (χ0v) is 20.3. The van der Waals surface area contributed by atoms with Crippen LogP contribution in [0.25, 0.3) is 11.8 Å². The number of hydrogen-bond donors (Lipinski definition) is 0. The van der Waals surface area contributed by atoms with Crippen molar-refractivity contribution in [3.8, 4) is 17.2 Å². The average Bonchev–Trinajstić information content (AvgIpc) is 3.47. The smallest absolute Gasteiger partial charge is 0.244 e. The van der Waals surface area contributed by atoms with Gasteiger partial charge in [0.15, 0.2) is 5.84 Å². The van der Waals surface area contributed by atoms with Crippen LogP contribution in [0.2, 0.25) is 0 Å². The Morgan fingerprint density at radius 2 is 2.03 bits per heavy atom. The molecule has 0 amide bonds. The highest BCUT2D eigenvalue weighted by Crippen LogP contribution is 2.45. The van der Waals surface area contributed by atoms with E-state index in [0.717, 1.165) is 52.8 Å². The number of rotatable bonds is 8. The van der Waals surface area contributed by atoms with Crippen molar-refractivity contribution in [1.29, 1.82) is 0 Å². The number of oxime groups is 1. The van der Waals surface area contributed by atoms with Gasteiger partial charge >= 0.3 is 0 Å². The predicted molar refractivity (Wildman–Crippen MR) is 134 cm³/mol. The van der Waals surface area contributed by atoms with Crippen LogP contribution in [0.5, 0.6) is 11.5 Å². The Bertz CT molecular complexity index is 1250. The van der Waals surface area contributed by atoms with Crippen molar-refractivity contribution in [2.45, 2.75) is 25.5 Å². The lowest BCUT2D eigenvalue weighted by Gasteiger charge is -2.40. The average molecular weight is 475 g/mol. The number of hydrogen-bond acceptors (Lipinski definition) is 7. The number of methoxy groups -OCH3 is 2. The molecule has 0 bridgehead atoms. The van der Waals surface area contributed by atoms with Gasteiger partial charge in [0.1, 0.15) is 11.5 Å². The normalized spacial score (nSPS) is 18.9.